The molecule has 0 N–H and O–H groups in total. The van der Waals surface area contributed by atoms with Crippen LogP contribution >= 0.6 is 11.6 Å². The molecule has 1 fully saturated rings. The van der Waals surface area contributed by atoms with Crippen LogP contribution in [0.15, 0.2) is 11.6 Å². The molecule has 76 valence electrons. The van der Waals surface area contributed by atoms with E-state index in [9.17, 15) is 9.59 Å². The van der Waals surface area contributed by atoms with E-state index in [1.807, 2.05) is 13.0 Å². The fourth-order valence-corrected chi connectivity index (χ4v) is 2.39. The van der Waals surface area contributed by atoms with Gasteiger partial charge in [-0.15, -0.1) is 0 Å². The molecule has 0 amide bonds. The SMILES string of the molecule is CC1=C[C@@H]2OC(=O)C[C@]2(C(=O)Cl)CC1. The number of esters is 1. The van der Waals surface area contributed by atoms with Gasteiger partial charge in [0, 0.05) is 0 Å². The van der Waals surface area contributed by atoms with Gasteiger partial charge in [-0.3, -0.25) is 9.59 Å². The van der Waals surface area contributed by atoms with E-state index in [1.165, 1.54) is 0 Å². The highest BCUT2D eigenvalue weighted by atomic mass is 35.5. The molecular formula is C10H11ClO3. The van der Waals surface area contributed by atoms with Gasteiger partial charge in [-0.2, -0.15) is 0 Å². The molecular weight excluding hydrogens is 204 g/mol. The lowest BCUT2D eigenvalue weighted by molar-refractivity contribution is -0.140. The maximum absolute atomic E-state index is 11.4. The molecule has 0 aromatic carbocycles. The highest BCUT2D eigenvalue weighted by Crippen LogP contribution is 2.46. The number of hydrogen-bond acceptors (Lipinski definition) is 3. The number of hydrogen-bond donors (Lipinski definition) is 0. The van der Waals surface area contributed by atoms with E-state index in [2.05, 4.69) is 0 Å². The minimum Gasteiger partial charge on any atom is -0.457 e. The van der Waals surface area contributed by atoms with E-state index >= 15 is 0 Å². The third kappa shape index (κ3) is 1.27. The molecule has 1 aliphatic carbocycles. The van der Waals surface area contributed by atoms with Crippen LogP contribution in [0.5, 0.6) is 0 Å². The molecule has 0 unspecified atom stereocenters. The van der Waals surface area contributed by atoms with Gasteiger partial charge in [-0.1, -0.05) is 5.57 Å². The van der Waals surface area contributed by atoms with E-state index in [-0.39, 0.29) is 12.4 Å². The van der Waals surface area contributed by atoms with Crippen molar-refractivity contribution >= 4 is 22.8 Å². The highest BCUT2D eigenvalue weighted by molar-refractivity contribution is 6.65. The summed E-state index contributed by atoms with van der Waals surface area (Å²) < 4.78 is 5.08. The molecule has 1 saturated heterocycles. The average molecular weight is 215 g/mol. The summed E-state index contributed by atoms with van der Waals surface area (Å²) in [6.07, 6.45) is 2.96. The van der Waals surface area contributed by atoms with Crippen LogP contribution in [0.4, 0.5) is 0 Å². The van der Waals surface area contributed by atoms with E-state index in [0.29, 0.717) is 6.42 Å². The van der Waals surface area contributed by atoms with Gasteiger partial charge in [0.05, 0.1) is 11.8 Å². The Morgan fingerprint density at radius 3 is 3.07 bits per heavy atom. The van der Waals surface area contributed by atoms with Crippen molar-refractivity contribution in [1.82, 2.24) is 0 Å². The van der Waals surface area contributed by atoms with E-state index < -0.39 is 16.8 Å². The predicted molar refractivity (Wildman–Crippen MR) is 50.8 cm³/mol. The Balaban J connectivity index is 2.39. The average Bonchev–Trinajstić information content (AvgIpc) is 2.41. The number of fused-ring (bicyclic) bond motifs is 1. The van der Waals surface area contributed by atoms with Crippen molar-refractivity contribution in [3.8, 4) is 0 Å². The lowest BCUT2D eigenvalue weighted by Crippen LogP contribution is -2.37. The van der Waals surface area contributed by atoms with Gasteiger partial charge >= 0.3 is 5.97 Å². The Morgan fingerprint density at radius 2 is 2.43 bits per heavy atom. The van der Waals surface area contributed by atoms with Gasteiger partial charge in [-0.25, -0.2) is 0 Å². The summed E-state index contributed by atoms with van der Waals surface area (Å²) in [6.45, 7) is 1.97. The monoisotopic (exact) mass is 214 g/mol. The molecule has 3 nitrogen and oxygen atoms in total. The van der Waals surface area contributed by atoms with Crippen LogP contribution in [-0.4, -0.2) is 17.3 Å². The summed E-state index contributed by atoms with van der Waals surface area (Å²) >= 11 is 5.56. The van der Waals surface area contributed by atoms with Crippen molar-refractivity contribution in [2.75, 3.05) is 0 Å². The van der Waals surface area contributed by atoms with E-state index in [4.69, 9.17) is 16.3 Å². The predicted octanol–water partition coefficient (Wildman–Crippen LogP) is 1.79. The van der Waals surface area contributed by atoms with Gasteiger partial charge in [0.2, 0.25) is 5.24 Å². The Kier molecular flexibility index (Phi) is 2.14. The Hall–Kier alpha value is -0.830. The van der Waals surface area contributed by atoms with Crippen molar-refractivity contribution in [2.24, 2.45) is 5.41 Å². The van der Waals surface area contributed by atoms with Crippen LogP contribution in [0.1, 0.15) is 26.2 Å². The smallest absolute Gasteiger partial charge is 0.307 e. The van der Waals surface area contributed by atoms with E-state index in [0.717, 1.165) is 12.0 Å². The van der Waals surface area contributed by atoms with Crippen LogP contribution in [0.2, 0.25) is 0 Å². The van der Waals surface area contributed by atoms with Crippen LogP contribution in [0.3, 0.4) is 0 Å². The zero-order chi connectivity index (χ0) is 10.3. The summed E-state index contributed by atoms with van der Waals surface area (Å²) in [4.78, 5) is 22.5. The molecule has 0 aromatic rings. The van der Waals surface area contributed by atoms with Crippen molar-refractivity contribution in [3.05, 3.63) is 11.6 Å². The number of halogens is 1. The quantitative estimate of drug-likeness (QED) is 0.380. The summed E-state index contributed by atoms with van der Waals surface area (Å²) in [5.74, 6) is -0.324. The highest BCUT2D eigenvalue weighted by Gasteiger charge is 2.54. The molecule has 2 rings (SSSR count). The largest absolute Gasteiger partial charge is 0.457 e. The third-order valence-electron chi connectivity index (χ3n) is 3.06. The molecule has 0 aromatic heterocycles. The number of ether oxygens (including phenoxy) is 1. The lowest BCUT2D eigenvalue weighted by Gasteiger charge is -2.31. The van der Waals surface area contributed by atoms with Gasteiger partial charge in [-0.05, 0) is 37.4 Å². The molecule has 0 saturated carbocycles. The van der Waals surface area contributed by atoms with Gasteiger partial charge in [0.25, 0.3) is 0 Å². The third-order valence-corrected chi connectivity index (χ3v) is 3.43. The van der Waals surface area contributed by atoms with Crippen LogP contribution in [0.25, 0.3) is 0 Å². The Labute approximate surface area is 87.1 Å². The molecule has 2 aliphatic rings. The first-order valence-electron chi connectivity index (χ1n) is 4.61. The van der Waals surface area contributed by atoms with Crippen molar-refractivity contribution in [3.63, 3.8) is 0 Å². The first kappa shape index (κ1) is 9.71. The van der Waals surface area contributed by atoms with Crippen molar-refractivity contribution in [1.29, 1.82) is 0 Å². The fraction of sp³-hybridized carbons (Fsp3) is 0.600. The summed E-state index contributed by atoms with van der Waals surface area (Å²) in [6, 6.07) is 0. The zero-order valence-corrected chi connectivity index (χ0v) is 8.63. The summed E-state index contributed by atoms with van der Waals surface area (Å²) in [7, 11) is 0. The second-order valence-corrected chi connectivity index (χ2v) is 4.37. The van der Waals surface area contributed by atoms with E-state index in [1.54, 1.807) is 0 Å². The molecule has 0 bridgehead atoms. The Bertz CT molecular complexity index is 334. The first-order chi connectivity index (χ1) is 6.54. The molecule has 14 heavy (non-hydrogen) atoms. The number of carbonyl (C=O) groups excluding carboxylic acids is 2. The standard InChI is InChI=1S/C10H11ClO3/c1-6-2-3-10(9(11)13)5-8(12)14-7(10)4-6/h4,7H,2-3,5H2,1H3/t7-,10+/m0/s1. The number of rotatable bonds is 1. The molecule has 1 aliphatic heterocycles. The van der Waals surface area contributed by atoms with Crippen LogP contribution in [0, 0.1) is 5.41 Å². The lowest BCUT2D eigenvalue weighted by atomic mass is 9.73. The first-order valence-corrected chi connectivity index (χ1v) is 4.99. The second kappa shape index (κ2) is 3.09. The van der Waals surface area contributed by atoms with Crippen molar-refractivity contribution in [2.45, 2.75) is 32.3 Å². The zero-order valence-electron chi connectivity index (χ0n) is 7.88. The van der Waals surface area contributed by atoms with Crippen LogP contribution < -0.4 is 0 Å². The number of allylic oxidation sites excluding steroid dienone is 1. The maximum Gasteiger partial charge on any atom is 0.307 e. The topological polar surface area (TPSA) is 43.4 Å². The summed E-state index contributed by atoms with van der Waals surface area (Å²) in [5.41, 5.74) is 0.372. The molecule has 0 radical (unpaired) electrons. The normalized spacial score (nSPS) is 36.0. The fourth-order valence-electron chi connectivity index (χ4n) is 2.12. The minimum absolute atomic E-state index is 0.129. The molecule has 2 atom stereocenters. The minimum atomic E-state index is -0.780. The number of carbonyl (C=O) groups is 2. The second-order valence-electron chi connectivity index (χ2n) is 4.03. The molecule has 0 spiro atoms. The van der Waals surface area contributed by atoms with Gasteiger partial charge in [0.15, 0.2) is 0 Å². The van der Waals surface area contributed by atoms with Gasteiger partial charge < -0.3 is 4.74 Å². The Morgan fingerprint density at radius 1 is 1.71 bits per heavy atom. The molecule has 4 heteroatoms. The maximum atomic E-state index is 11.4. The van der Waals surface area contributed by atoms with Gasteiger partial charge in [0.1, 0.15) is 6.10 Å². The molecule has 1 heterocycles. The van der Waals surface area contributed by atoms with Crippen LogP contribution in [-0.2, 0) is 14.3 Å². The summed E-state index contributed by atoms with van der Waals surface area (Å²) in [5, 5.41) is -0.447. The van der Waals surface area contributed by atoms with Crippen molar-refractivity contribution < 1.29 is 14.3 Å².